The van der Waals surface area contributed by atoms with Gasteiger partial charge in [0.1, 0.15) is 0 Å². The maximum Gasteiger partial charge on any atom is 0.313 e. The van der Waals surface area contributed by atoms with E-state index in [0.717, 1.165) is 27.7 Å². The zero-order valence-corrected chi connectivity index (χ0v) is 13.6. The third-order valence-corrected chi connectivity index (χ3v) is 3.87. The fraction of sp³-hybridized carbons (Fsp3) is 1.00. The van der Waals surface area contributed by atoms with Crippen molar-refractivity contribution in [2.24, 2.45) is 11.3 Å². The van der Waals surface area contributed by atoms with Crippen LogP contribution in [0.4, 0.5) is 43.9 Å². The van der Waals surface area contributed by atoms with Crippen LogP contribution < -0.4 is 0 Å². The van der Waals surface area contributed by atoms with Gasteiger partial charge in [-0.05, 0) is 6.42 Å². The molecule has 0 aromatic heterocycles. The van der Waals surface area contributed by atoms with Gasteiger partial charge in [0.15, 0.2) is 0 Å². The normalized spacial score (nSPS) is 23.9. The second-order valence-electron chi connectivity index (χ2n) is 6.96. The second kappa shape index (κ2) is 6.90. The van der Waals surface area contributed by atoms with Crippen LogP contribution in [-0.4, -0.2) is 30.1 Å². The predicted octanol–water partition coefficient (Wildman–Crippen LogP) is 6.65. The van der Waals surface area contributed by atoms with Gasteiger partial charge < -0.3 is 0 Å². The van der Waals surface area contributed by atoms with E-state index in [9.17, 15) is 43.9 Å². The number of alkyl halides is 10. The van der Waals surface area contributed by atoms with Gasteiger partial charge in [-0.1, -0.05) is 27.7 Å². The van der Waals surface area contributed by atoms with Crippen LogP contribution >= 0.6 is 0 Å². The third kappa shape index (κ3) is 5.15. The average molecular weight is 378 g/mol. The highest BCUT2D eigenvalue weighted by molar-refractivity contribution is 4.95. The summed E-state index contributed by atoms with van der Waals surface area (Å²) in [6.07, 6.45) is -6.95. The minimum atomic E-state index is -4.64. The molecule has 0 aliphatic heterocycles. The van der Waals surface area contributed by atoms with Crippen LogP contribution in [0.1, 0.15) is 47.0 Å². The Morgan fingerprint density at radius 2 is 1.38 bits per heavy atom. The van der Waals surface area contributed by atoms with Crippen molar-refractivity contribution in [3.8, 4) is 0 Å². The fourth-order valence-corrected chi connectivity index (χ4v) is 1.74. The molecular weight excluding hydrogens is 358 g/mol. The van der Waals surface area contributed by atoms with E-state index in [2.05, 4.69) is 0 Å². The number of rotatable bonds is 3. The molecule has 24 heavy (non-hydrogen) atoms. The summed E-state index contributed by atoms with van der Waals surface area (Å²) in [4.78, 5) is 0. The Balaban J connectivity index is 0.000000463. The lowest BCUT2D eigenvalue weighted by molar-refractivity contribution is -0.206. The van der Waals surface area contributed by atoms with Gasteiger partial charge >= 0.3 is 24.2 Å². The van der Waals surface area contributed by atoms with Crippen LogP contribution in [-0.2, 0) is 0 Å². The summed E-state index contributed by atoms with van der Waals surface area (Å²) in [6.45, 7) is 4.22. The Morgan fingerprint density at radius 1 is 0.958 bits per heavy atom. The first-order valence-electron chi connectivity index (χ1n) is 7.07. The van der Waals surface area contributed by atoms with Crippen molar-refractivity contribution in [1.29, 1.82) is 0 Å². The molecule has 0 radical (unpaired) electrons. The van der Waals surface area contributed by atoms with Crippen molar-refractivity contribution >= 4 is 0 Å². The van der Waals surface area contributed by atoms with E-state index in [1.807, 2.05) is 0 Å². The molecule has 1 fully saturated rings. The largest absolute Gasteiger partial charge is 0.313 e. The highest BCUT2D eigenvalue weighted by atomic mass is 19.3. The Hall–Kier alpha value is -0.700. The molecular formula is C14H20F10. The predicted molar refractivity (Wildman–Crippen MR) is 68.3 cm³/mol. The number of hydrogen-bond acceptors (Lipinski definition) is 0. The summed E-state index contributed by atoms with van der Waals surface area (Å²) in [5, 5.41) is 0. The molecule has 0 heterocycles. The lowest BCUT2D eigenvalue weighted by atomic mass is 9.84. The van der Waals surface area contributed by atoms with Crippen molar-refractivity contribution in [2.45, 2.75) is 77.1 Å². The van der Waals surface area contributed by atoms with Crippen LogP contribution in [0.15, 0.2) is 0 Å². The lowest BCUT2D eigenvalue weighted by Crippen LogP contribution is -2.42. The summed E-state index contributed by atoms with van der Waals surface area (Å²) in [5.74, 6) is -17.2. The van der Waals surface area contributed by atoms with Crippen molar-refractivity contribution < 1.29 is 43.9 Å². The maximum atomic E-state index is 13.0. The van der Waals surface area contributed by atoms with Crippen molar-refractivity contribution in [3.05, 3.63) is 0 Å². The van der Waals surface area contributed by atoms with Gasteiger partial charge in [-0.2, -0.15) is 17.6 Å². The van der Waals surface area contributed by atoms with Crippen molar-refractivity contribution in [1.82, 2.24) is 0 Å². The first-order valence-corrected chi connectivity index (χ1v) is 7.07. The minimum absolute atomic E-state index is 0.0833. The second-order valence-corrected chi connectivity index (χ2v) is 6.96. The lowest BCUT2D eigenvalue weighted by Gasteiger charge is -2.32. The summed E-state index contributed by atoms with van der Waals surface area (Å²) >= 11 is 0. The Bertz CT molecular complexity index is 408. The van der Waals surface area contributed by atoms with Crippen LogP contribution in [0.25, 0.3) is 0 Å². The Labute approximate surface area is 133 Å². The molecule has 0 N–H and O–H groups in total. The van der Waals surface area contributed by atoms with Crippen LogP contribution in [0.5, 0.6) is 0 Å². The molecule has 1 saturated carbocycles. The number of hydrogen-bond donors (Lipinski definition) is 0. The monoisotopic (exact) mass is 378 g/mol. The number of halogens is 10. The van der Waals surface area contributed by atoms with Crippen molar-refractivity contribution in [2.75, 3.05) is 0 Å². The summed E-state index contributed by atoms with van der Waals surface area (Å²) in [7, 11) is 0. The molecule has 1 aliphatic carbocycles. The molecule has 0 spiro atoms. The SMILES string of the molecule is CC(C)(C)C(F)(F)CC(F)(F)C(F)F.C[C@H]1CCC(F)(F)C1(F)F. The van der Waals surface area contributed by atoms with E-state index in [0.29, 0.717) is 0 Å². The quantitative estimate of drug-likeness (QED) is 0.483. The summed E-state index contributed by atoms with van der Waals surface area (Å²) < 4.78 is 123. The Kier molecular flexibility index (Phi) is 6.70. The molecule has 0 amide bonds. The molecule has 10 heteroatoms. The van der Waals surface area contributed by atoms with E-state index in [-0.39, 0.29) is 6.42 Å². The average Bonchev–Trinajstić information content (AvgIpc) is 2.50. The molecule has 0 unspecified atom stereocenters. The van der Waals surface area contributed by atoms with Gasteiger partial charge in [0.2, 0.25) is 0 Å². The van der Waals surface area contributed by atoms with Gasteiger partial charge in [-0.15, -0.1) is 0 Å². The first-order chi connectivity index (χ1) is 10.3. The van der Waals surface area contributed by atoms with Crippen molar-refractivity contribution in [3.63, 3.8) is 0 Å². The maximum absolute atomic E-state index is 13.0. The smallest absolute Gasteiger partial charge is 0.206 e. The first kappa shape index (κ1) is 23.3. The minimum Gasteiger partial charge on any atom is -0.206 e. The van der Waals surface area contributed by atoms with E-state index < -0.39 is 54.3 Å². The molecule has 0 bridgehead atoms. The fourth-order valence-electron chi connectivity index (χ4n) is 1.74. The van der Waals surface area contributed by atoms with Crippen LogP contribution in [0, 0.1) is 11.3 Å². The van der Waals surface area contributed by atoms with E-state index in [4.69, 9.17) is 0 Å². The standard InChI is InChI=1S/C8H12F6.C6H8F4/c1-6(2,3)8(13,14)4-7(11,12)5(9)10;1-4-2-3-5(7,8)6(4,9)10/h5H,4H2,1-3H3;4H,2-3H2,1H3/t;4-/m.0/s1. The van der Waals surface area contributed by atoms with E-state index in [1.54, 1.807) is 0 Å². The van der Waals surface area contributed by atoms with Gasteiger partial charge in [0, 0.05) is 17.8 Å². The molecule has 0 nitrogen and oxygen atoms in total. The molecule has 1 rings (SSSR count). The third-order valence-electron chi connectivity index (χ3n) is 3.87. The molecule has 146 valence electrons. The van der Waals surface area contributed by atoms with Crippen LogP contribution in [0.3, 0.4) is 0 Å². The summed E-state index contributed by atoms with van der Waals surface area (Å²) in [6, 6.07) is 0. The highest BCUT2D eigenvalue weighted by Crippen LogP contribution is 2.50. The van der Waals surface area contributed by atoms with Gasteiger partial charge in [-0.3, -0.25) is 0 Å². The van der Waals surface area contributed by atoms with Crippen LogP contribution in [0.2, 0.25) is 0 Å². The van der Waals surface area contributed by atoms with Gasteiger partial charge in [-0.25, -0.2) is 26.3 Å². The van der Waals surface area contributed by atoms with Gasteiger partial charge in [0.25, 0.3) is 5.92 Å². The zero-order valence-electron chi connectivity index (χ0n) is 13.6. The zero-order chi connectivity index (χ0) is 19.8. The highest BCUT2D eigenvalue weighted by Gasteiger charge is 2.63. The van der Waals surface area contributed by atoms with Gasteiger partial charge in [0.05, 0.1) is 6.42 Å². The molecule has 0 aromatic carbocycles. The van der Waals surface area contributed by atoms with E-state index in [1.165, 1.54) is 0 Å². The molecule has 0 saturated heterocycles. The molecule has 0 aromatic rings. The Morgan fingerprint density at radius 3 is 1.54 bits per heavy atom. The topological polar surface area (TPSA) is 0 Å². The van der Waals surface area contributed by atoms with E-state index >= 15 is 0 Å². The summed E-state index contributed by atoms with van der Waals surface area (Å²) in [5.41, 5.74) is -1.76. The molecule has 1 atom stereocenters. The molecule has 1 aliphatic rings.